The molecule has 0 spiro atoms. The van der Waals surface area contributed by atoms with E-state index in [1.54, 1.807) is 0 Å². The smallest absolute Gasteiger partial charge is 0.0332 e. The molecule has 2 fully saturated rings. The number of nitrogens with zero attached hydrogens (tertiary/aromatic N) is 1. The molecule has 19 heavy (non-hydrogen) atoms. The Hall–Kier alpha value is 0.100. The first-order chi connectivity index (χ1) is 9.24. The van der Waals surface area contributed by atoms with Crippen LogP contribution in [0.25, 0.3) is 0 Å². The molecule has 1 aromatic heterocycles. The van der Waals surface area contributed by atoms with Crippen LogP contribution in [0.1, 0.15) is 41.9 Å². The molecule has 1 aromatic rings. The molecule has 2 atom stereocenters. The normalized spacial score (nSPS) is 28.9. The van der Waals surface area contributed by atoms with Crippen LogP contribution in [0.2, 0.25) is 0 Å². The Kier molecular flexibility index (Phi) is 4.62. The summed E-state index contributed by atoms with van der Waals surface area (Å²) in [6.07, 6.45) is 6.89. The summed E-state index contributed by atoms with van der Waals surface area (Å²) in [5.74, 6) is 0. The molecule has 2 aliphatic rings. The Morgan fingerprint density at radius 3 is 2.95 bits per heavy atom. The Morgan fingerprint density at radius 1 is 1.37 bits per heavy atom. The maximum atomic E-state index is 3.71. The van der Waals surface area contributed by atoms with Gasteiger partial charge < -0.3 is 5.32 Å². The average Bonchev–Trinajstić information content (AvgIpc) is 3.02. The average molecular weight is 343 g/mol. The first kappa shape index (κ1) is 14.1. The third-order valence-electron chi connectivity index (χ3n) is 4.49. The van der Waals surface area contributed by atoms with E-state index in [0.29, 0.717) is 0 Å². The molecule has 2 unspecified atom stereocenters. The Labute approximate surface area is 128 Å². The van der Waals surface area contributed by atoms with Crippen molar-refractivity contribution >= 4 is 27.3 Å². The van der Waals surface area contributed by atoms with Crippen LogP contribution in [0, 0.1) is 6.92 Å². The highest BCUT2D eigenvalue weighted by molar-refractivity contribution is 9.10. The summed E-state index contributed by atoms with van der Waals surface area (Å²) in [6.45, 7) is 5.83. The van der Waals surface area contributed by atoms with Crippen LogP contribution in [-0.4, -0.2) is 30.1 Å². The standard InChI is InChI=1S/C15H23BrN2S/c1-11-13(16)9-12(19-11)10-18-8-3-2-6-15(18)14-5-4-7-17-14/h9,14-15,17H,2-8,10H2,1H3. The topological polar surface area (TPSA) is 15.3 Å². The van der Waals surface area contributed by atoms with Crippen molar-refractivity contribution in [3.8, 4) is 0 Å². The maximum Gasteiger partial charge on any atom is 0.0332 e. The monoisotopic (exact) mass is 342 g/mol. The minimum Gasteiger partial charge on any atom is -0.312 e. The lowest BCUT2D eigenvalue weighted by molar-refractivity contribution is 0.113. The zero-order chi connectivity index (χ0) is 13.2. The highest BCUT2D eigenvalue weighted by Crippen LogP contribution is 2.30. The molecule has 2 saturated heterocycles. The van der Waals surface area contributed by atoms with Crippen molar-refractivity contribution < 1.29 is 0 Å². The van der Waals surface area contributed by atoms with Crippen LogP contribution in [0.5, 0.6) is 0 Å². The van der Waals surface area contributed by atoms with Gasteiger partial charge in [0.15, 0.2) is 0 Å². The summed E-state index contributed by atoms with van der Waals surface area (Å²) in [6, 6.07) is 3.82. The lowest BCUT2D eigenvalue weighted by atomic mass is 9.94. The molecule has 3 rings (SSSR count). The Bertz CT molecular complexity index is 406. The van der Waals surface area contributed by atoms with Crippen LogP contribution in [0.15, 0.2) is 10.5 Å². The Morgan fingerprint density at radius 2 is 2.26 bits per heavy atom. The van der Waals surface area contributed by atoms with Gasteiger partial charge in [-0.3, -0.25) is 4.90 Å². The minimum atomic E-state index is 0.741. The first-order valence-electron chi connectivity index (χ1n) is 7.46. The second-order valence-electron chi connectivity index (χ2n) is 5.85. The fraction of sp³-hybridized carbons (Fsp3) is 0.733. The molecule has 0 radical (unpaired) electrons. The van der Waals surface area contributed by atoms with E-state index in [1.807, 2.05) is 11.3 Å². The SMILES string of the molecule is Cc1sc(CN2CCCCC2C2CCCN2)cc1Br. The molecule has 0 bridgehead atoms. The third-order valence-corrected chi connectivity index (χ3v) is 6.62. The summed E-state index contributed by atoms with van der Waals surface area (Å²) < 4.78 is 1.28. The molecule has 2 aliphatic heterocycles. The molecule has 0 aliphatic carbocycles. The van der Waals surface area contributed by atoms with Crippen molar-refractivity contribution in [1.29, 1.82) is 0 Å². The number of nitrogens with one attached hydrogen (secondary N) is 1. The number of likely N-dealkylation sites (tertiary alicyclic amines) is 1. The van der Waals surface area contributed by atoms with Gasteiger partial charge in [0.2, 0.25) is 0 Å². The quantitative estimate of drug-likeness (QED) is 0.895. The van der Waals surface area contributed by atoms with Crippen LogP contribution >= 0.6 is 27.3 Å². The summed E-state index contributed by atoms with van der Waals surface area (Å²) >= 11 is 5.59. The third kappa shape index (κ3) is 3.23. The maximum absolute atomic E-state index is 3.71. The van der Waals surface area contributed by atoms with E-state index >= 15 is 0 Å². The summed E-state index contributed by atoms with van der Waals surface area (Å²) in [5.41, 5.74) is 0. The largest absolute Gasteiger partial charge is 0.312 e. The van der Waals surface area contributed by atoms with E-state index < -0.39 is 0 Å². The van der Waals surface area contributed by atoms with Gasteiger partial charge in [-0.15, -0.1) is 11.3 Å². The molecule has 0 amide bonds. The van der Waals surface area contributed by atoms with Gasteiger partial charge in [-0.1, -0.05) is 6.42 Å². The van der Waals surface area contributed by atoms with Crippen molar-refractivity contribution in [2.45, 2.75) is 57.7 Å². The number of halogens is 1. The molecule has 2 nitrogen and oxygen atoms in total. The second-order valence-corrected chi connectivity index (χ2v) is 8.05. The lowest BCUT2D eigenvalue weighted by Gasteiger charge is -2.39. The van der Waals surface area contributed by atoms with Gasteiger partial charge in [0.05, 0.1) is 0 Å². The first-order valence-corrected chi connectivity index (χ1v) is 9.07. The summed E-state index contributed by atoms with van der Waals surface area (Å²) in [4.78, 5) is 5.64. The van der Waals surface area contributed by atoms with E-state index in [1.165, 1.54) is 59.4 Å². The van der Waals surface area contributed by atoms with Crippen LogP contribution in [-0.2, 0) is 6.54 Å². The van der Waals surface area contributed by atoms with Crippen molar-refractivity contribution in [1.82, 2.24) is 10.2 Å². The highest BCUT2D eigenvalue weighted by atomic mass is 79.9. The van der Waals surface area contributed by atoms with Gasteiger partial charge in [0, 0.05) is 32.9 Å². The van der Waals surface area contributed by atoms with E-state index in [2.05, 4.69) is 39.1 Å². The number of hydrogen-bond donors (Lipinski definition) is 1. The molecule has 0 saturated carbocycles. The number of piperidine rings is 1. The van der Waals surface area contributed by atoms with Crippen molar-refractivity contribution in [3.63, 3.8) is 0 Å². The van der Waals surface area contributed by atoms with Gasteiger partial charge >= 0.3 is 0 Å². The van der Waals surface area contributed by atoms with Crippen molar-refractivity contribution in [2.24, 2.45) is 0 Å². The highest BCUT2D eigenvalue weighted by Gasteiger charge is 2.31. The number of aryl methyl sites for hydroxylation is 1. The lowest BCUT2D eigenvalue weighted by Crippen LogP contribution is -2.49. The molecule has 4 heteroatoms. The van der Waals surface area contributed by atoms with Gasteiger partial charge in [0.25, 0.3) is 0 Å². The summed E-state index contributed by atoms with van der Waals surface area (Å²) in [5, 5.41) is 3.71. The van der Waals surface area contributed by atoms with Gasteiger partial charge in [0.1, 0.15) is 0 Å². The number of hydrogen-bond acceptors (Lipinski definition) is 3. The van der Waals surface area contributed by atoms with E-state index in [9.17, 15) is 0 Å². The zero-order valence-corrected chi connectivity index (χ0v) is 14.0. The molecule has 0 aromatic carbocycles. The summed E-state index contributed by atoms with van der Waals surface area (Å²) in [7, 11) is 0. The van der Waals surface area contributed by atoms with Crippen LogP contribution < -0.4 is 5.32 Å². The fourth-order valence-electron chi connectivity index (χ4n) is 3.50. The zero-order valence-electron chi connectivity index (χ0n) is 11.6. The predicted molar refractivity (Wildman–Crippen MR) is 85.8 cm³/mol. The molecular weight excluding hydrogens is 320 g/mol. The van der Waals surface area contributed by atoms with E-state index in [-0.39, 0.29) is 0 Å². The van der Waals surface area contributed by atoms with Crippen molar-refractivity contribution in [2.75, 3.05) is 13.1 Å². The Balaban J connectivity index is 1.69. The van der Waals surface area contributed by atoms with Gasteiger partial charge in [-0.25, -0.2) is 0 Å². The molecule has 1 N–H and O–H groups in total. The van der Waals surface area contributed by atoms with Gasteiger partial charge in [-0.05, 0) is 67.7 Å². The minimum absolute atomic E-state index is 0.741. The van der Waals surface area contributed by atoms with Crippen molar-refractivity contribution in [3.05, 3.63) is 20.3 Å². The molecule has 106 valence electrons. The van der Waals surface area contributed by atoms with E-state index in [4.69, 9.17) is 0 Å². The van der Waals surface area contributed by atoms with Gasteiger partial charge in [-0.2, -0.15) is 0 Å². The fourth-order valence-corrected chi connectivity index (χ4v) is 5.13. The molecule has 3 heterocycles. The second kappa shape index (κ2) is 6.25. The number of thiophene rings is 1. The number of rotatable bonds is 3. The van der Waals surface area contributed by atoms with E-state index in [0.717, 1.165) is 18.6 Å². The molecular formula is C15H23BrN2S. The predicted octanol–water partition coefficient (Wildman–Crippen LogP) is 3.93. The van der Waals surface area contributed by atoms with Crippen LogP contribution in [0.3, 0.4) is 0 Å². The van der Waals surface area contributed by atoms with Crippen LogP contribution in [0.4, 0.5) is 0 Å².